The van der Waals surface area contributed by atoms with Crippen LogP contribution in [-0.4, -0.2) is 20.2 Å². The first-order valence-electron chi connectivity index (χ1n) is 7.54. The monoisotopic (exact) mass is 281 g/mol. The van der Waals surface area contributed by atoms with Crippen LogP contribution < -0.4 is 10.1 Å². The molecule has 2 nitrogen and oxygen atoms in total. The predicted octanol–water partition coefficient (Wildman–Crippen LogP) is 3.40. The molecule has 1 fully saturated rings. The van der Waals surface area contributed by atoms with Gasteiger partial charge in [0.15, 0.2) is 0 Å². The summed E-state index contributed by atoms with van der Waals surface area (Å²) in [6.07, 6.45) is 1.02. The van der Waals surface area contributed by atoms with Crippen LogP contribution in [0, 0.1) is 13.8 Å². The summed E-state index contributed by atoms with van der Waals surface area (Å²) < 4.78 is 5.55. The highest BCUT2D eigenvalue weighted by Crippen LogP contribution is 2.35. The minimum Gasteiger partial charge on any atom is -0.496 e. The minimum absolute atomic E-state index is 0.201. The molecule has 0 aliphatic carbocycles. The number of methoxy groups -OCH3 is 1. The Bertz CT molecular complexity index is 644. The first-order valence-corrected chi connectivity index (χ1v) is 7.54. The summed E-state index contributed by atoms with van der Waals surface area (Å²) in [6, 6.07) is 15.4. The highest BCUT2D eigenvalue weighted by Gasteiger charge is 2.39. The maximum absolute atomic E-state index is 5.55. The Hall–Kier alpha value is -1.80. The highest BCUT2D eigenvalue weighted by atomic mass is 16.5. The molecule has 110 valence electrons. The molecular formula is C19H23NO. The van der Waals surface area contributed by atoms with E-state index in [1.165, 1.54) is 22.3 Å². The van der Waals surface area contributed by atoms with E-state index in [0.717, 1.165) is 25.3 Å². The van der Waals surface area contributed by atoms with Crippen molar-refractivity contribution in [1.82, 2.24) is 5.32 Å². The summed E-state index contributed by atoms with van der Waals surface area (Å²) in [4.78, 5) is 0. The van der Waals surface area contributed by atoms with Gasteiger partial charge >= 0.3 is 0 Å². The van der Waals surface area contributed by atoms with Crippen molar-refractivity contribution in [3.8, 4) is 5.75 Å². The number of rotatable bonds is 4. The van der Waals surface area contributed by atoms with E-state index in [0.29, 0.717) is 0 Å². The molecule has 0 atom stereocenters. The number of ether oxygens (including phenoxy) is 1. The molecule has 0 bridgehead atoms. The molecule has 0 spiro atoms. The molecule has 1 N–H and O–H groups in total. The molecule has 1 aliphatic rings. The third-order valence-electron chi connectivity index (χ3n) is 4.52. The van der Waals surface area contributed by atoms with Crippen LogP contribution in [0.2, 0.25) is 0 Å². The van der Waals surface area contributed by atoms with Crippen molar-refractivity contribution in [2.45, 2.75) is 25.7 Å². The van der Waals surface area contributed by atoms with Crippen LogP contribution in [0.1, 0.15) is 22.3 Å². The molecule has 21 heavy (non-hydrogen) atoms. The van der Waals surface area contributed by atoms with Crippen molar-refractivity contribution < 1.29 is 4.74 Å². The number of benzene rings is 2. The Morgan fingerprint density at radius 3 is 2.43 bits per heavy atom. The van der Waals surface area contributed by atoms with Crippen LogP contribution in [0.25, 0.3) is 0 Å². The largest absolute Gasteiger partial charge is 0.496 e. The molecular weight excluding hydrogens is 258 g/mol. The quantitative estimate of drug-likeness (QED) is 0.927. The topological polar surface area (TPSA) is 21.3 Å². The summed E-state index contributed by atoms with van der Waals surface area (Å²) in [5.74, 6) is 1.000. The zero-order valence-electron chi connectivity index (χ0n) is 13.1. The summed E-state index contributed by atoms with van der Waals surface area (Å²) in [5.41, 5.74) is 5.56. The zero-order chi connectivity index (χ0) is 14.9. The summed E-state index contributed by atoms with van der Waals surface area (Å²) in [6.45, 7) is 6.37. The van der Waals surface area contributed by atoms with E-state index in [1.807, 2.05) is 0 Å². The molecule has 2 aromatic carbocycles. The number of nitrogens with one attached hydrogen (secondary N) is 1. The van der Waals surface area contributed by atoms with Gasteiger partial charge in [-0.2, -0.15) is 0 Å². The van der Waals surface area contributed by atoms with Crippen molar-refractivity contribution >= 4 is 0 Å². The van der Waals surface area contributed by atoms with E-state index in [1.54, 1.807) is 7.11 Å². The van der Waals surface area contributed by atoms with E-state index in [-0.39, 0.29) is 5.41 Å². The molecule has 0 unspecified atom stereocenters. The van der Waals surface area contributed by atoms with Crippen LogP contribution in [-0.2, 0) is 11.8 Å². The lowest BCUT2D eigenvalue weighted by atomic mass is 9.70. The second kappa shape index (κ2) is 5.53. The normalized spacial score (nSPS) is 16.3. The van der Waals surface area contributed by atoms with Crippen LogP contribution in [0.4, 0.5) is 0 Å². The molecule has 3 rings (SSSR count). The number of hydrogen-bond acceptors (Lipinski definition) is 2. The smallest absolute Gasteiger partial charge is 0.122 e. The second-order valence-electron chi connectivity index (χ2n) is 6.25. The average molecular weight is 281 g/mol. The van der Waals surface area contributed by atoms with E-state index >= 15 is 0 Å². The predicted molar refractivity (Wildman–Crippen MR) is 87.2 cm³/mol. The summed E-state index contributed by atoms with van der Waals surface area (Å²) in [7, 11) is 1.76. The van der Waals surface area contributed by atoms with E-state index < -0.39 is 0 Å². The fourth-order valence-corrected chi connectivity index (χ4v) is 3.24. The molecule has 0 radical (unpaired) electrons. The maximum Gasteiger partial charge on any atom is 0.122 e. The lowest BCUT2D eigenvalue weighted by Crippen LogP contribution is -2.58. The second-order valence-corrected chi connectivity index (χ2v) is 6.25. The molecule has 2 aromatic rings. The minimum atomic E-state index is 0.201. The van der Waals surface area contributed by atoms with Gasteiger partial charge in [0.25, 0.3) is 0 Å². The van der Waals surface area contributed by atoms with Gasteiger partial charge in [0.05, 0.1) is 7.11 Å². The molecule has 0 amide bonds. The molecule has 2 heteroatoms. The third-order valence-corrected chi connectivity index (χ3v) is 4.52. The maximum atomic E-state index is 5.55. The van der Waals surface area contributed by atoms with Crippen LogP contribution >= 0.6 is 0 Å². The SMILES string of the molecule is COc1ccc(C)cc1CC1(c2cccc(C)c2)CNC1. The molecule has 1 saturated heterocycles. The van der Waals surface area contributed by atoms with Crippen molar-refractivity contribution in [3.05, 3.63) is 64.7 Å². The van der Waals surface area contributed by atoms with Gasteiger partial charge in [0.1, 0.15) is 5.75 Å². The molecule has 0 saturated carbocycles. The summed E-state index contributed by atoms with van der Waals surface area (Å²) in [5, 5.41) is 3.45. The van der Waals surface area contributed by atoms with Crippen LogP contribution in [0.3, 0.4) is 0 Å². The Labute approximate surface area is 127 Å². The molecule has 1 aliphatic heterocycles. The Balaban J connectivity index is 1.96. The van der Waals surface area contributed by atoms with E-state index in [9.17, 15) is 0 Å². The van der Waals surface area contributed by atoms with Gasteiger partial charge in [-0.25, -0.2) is 0 Å². The van der Waals surface area contributed by atoms with Crippen LogP contribution in [0.15, 0.2) is 42.5 Å². The Kier molecular flexibility index (Phi) is 3.73. The van der Waals surface area contributed by atoms with Gasteiger partial charge in [-0.05, 0) is 37.5 Å². The van der Waals surface area contributed by atoms with Gasteiger partial charge in [0.2, 0.25) is 0 Å². The number of hydrogen-bond donors (Lipinski definition) is 1. The highest BCUT2D eigenvalue weighted by molar-refractivity contribution is 5.42. The average Bonchev–Trinajstić information content (AvgIpc) is 2.43. The van der Waals surface area contributed by atoms with Crippen molar-refractivity contribution in [1.29, 1.82) is 0 Å². The first-order chi connectivity index (χ1) is 10.1. The standard InChI is InChI=1S/C19H23NO/c1-14-5-4-6-17(10-14)19(12-20-13-19)11-16-9-15(2)7-8-18(16)21-3/h4-10,20H,11-13H2,1-3H3. The van der Waals surface area contributed by atoms with Gasteiger partial charge in [0, 0.05) is 18.5 Å². The van der Waals surface area contributed by atoms with Gasteiger partial charge < -0.3 is 10.1 Å². The van der Waals surface area contributed by atoms with E-state index in [4.69, 9.17) is 4.74 Å². The molecule has 0 aromatic heterocycles. The summed E-state index contributed by atoms with van der Waals surface area (Å²) >= 11 is 0. The van der Waals surface area contributed by atoms with Gasteiger partial charge in [-0.3, -0.25) is 0 Å². The lowest BCUT2D eigenvalue weighted by molar-refractivity contribution is 0.271. The zero-order valence-corrected chi connectivity index (χ0v) is 13.1. The fraction of sp³-hybridized carbons (Fsp3) is 0.368. The Morgan fingerprint density at radius 1 is 1.05 bits per heavy atom. The van der Waals surface area contributed by atoms with Crippen molar-refractivity contribution in [2.24, 2.45) is 0 Å². The van der Waals surface area contributed by atoms with Crippen LogP contribution in [0.5, 0.6) is 5.75 Å². The van der Waals surface area contributed by atoms with Crippen molar-refractivity contribution in [3.63, 3.8) is 0 Å². The number of aryl methyl sites for hydroxylation is 2. The lowest BCUT2D eigenvalue weighted by Gasteiger charge is -2.44. The van der Waals surface area contributed by atoms with Gasteiger partial charge in [-0.15, -0.1) is 0 Å². The Morgan fingerprint density at radius 2 is 1.81 bits per heavy atom. The van der Waals surface area contributed by atoms with Crippen molar-refractivity contribution in [2.75, 3.05) is 20.2 Å². The van der Waals surface area contributed by atoms with E-state index in [2.05, 4.69) is 61.6 Å². The third kappa shape index (κ3) is 2.68. The van der Waals surface area contributed by atoms with Gasteiger partial charge in [-0.1, -0.05) is 47.5 Å². The first kappa shape index (κ1) is 14.2. The fourth-order valence-electron chi connectivity index (χ4n) is 3.24. The molecule has 1 heterocycles.